The normalized spacial score (nSPS) is 19.8. The Morgan fingerprint density at radius 2 is 2.17 bits per heavy atom. The molecule has 98 valence electrons. The predicted molar refractivity (Wildman–Crippen MR) is 77.6 cm³/mol. The van der Waals surface area contributed by atoms with E-state index in [2.05, 4.69) is 35.4 Å². The lowest BCUT2D eigenvalue weighted by molar-refractivity contribution is 0.871. The molecule has 1 aromatic rings. The summed E-state index contributed by atoms with van der Waals surface area (Å²) in [6, 6.07) is 6.38. The number of hydrogen-bond acceptors (Lipinski definition) is 3. The summed E-state index contributed by atoms with van der Waals surface area (Å²) in [6.07, 6.45) is 2.62. The van der Waals surface area contributed by atoms with Crippen molar-refractivity contribution in [2.24, 2.45) is 10.7 Å². The fourth-order valence-electron chi connectivity index (χ4n) is 2.68. The molecule has 1 aliphatic heterocycles. The van der Waals surface area contributed by atoms with Crippen LogP contribution in [-0.2, 0) is 0 Å². The van der Waals surface area contributed by atoms with Gasteiger partial charge in [0.15, 0.2) is 0 Å². The first kappa shape index (κ1) is 13.4. The van der Waals surface area contributed by atoms with Crippen LogP contribution in [0.1, 0.15) is 41.5 Å². The smallest absolute Gasteiger partial charge is 0.118 e. The van der Waals surface area contributed by atoms with Crippen LogP contribution in [-0.4, -0.2) is 18.9 Å². The molecule has 1 aliphatic carbocycles. The van der Waals surface area contributed by atoms with Gasteiger partial charge < -0.3 is 11.1 Å². The Morgan fingerprint density at radius 1 is 1.39 bits per heavy atom. The number of amidine groups is 1. The highest BCUT2D eigenvalue weighted by Gasteiger charge is 2.30. The maximum absolute atomic E-state index is 6.34. The summed E-state index contributed by atoms with van der Waals surface area (Å²) in [7, 11) is 0. The van der Waals surface area contributed by atoms with E-state index in [4.69, 9.17) is 5.73 Å². The highest BCUT2D eigenvalue weighted by atomic mass is 35.5. The number of halogens is 1. The Hall–Kier alpha value is -1.06. The molecule has 0 radical (unpaired) electrons. The van der Waals surface area contributed by atoms with Gasteiger partial charge in [0.2, 0.25) is 0 Å². The number of nitrogens with two attached hydrogens (primary N) is 1. The number of rotatable bonds is 3. The summed E-state index contributed by atoms with van der Waals surface area (Å²) in [5, 5.41) is 3.29. The van der Waals surface area contributed by atoms with Crippen LogP contribution in [0, 0.1) is 6.92 Å². The van der Waals surface area contributed by atoms with Crippen LogP contribution in [0.5, 0.6) is 0 Å². The Labute approximate surface area is 114 Å². The average Bonchev–Trinajstić information content (AvgIpc) is 3.02. The third kappa shape index (κ3) is 2.38. The molecule has 3 rings (SSSR count). The van der Waals surface area contributed by atoms with E-state index < -0.39 is 0 Å². The number of benzene rings is 1. The van der Waals surface area contributed by atoms with E-state index in [1.165, 1.54) is 29.5 Å². The molecule has 1 fully saturated rings. The maximum atomic E-state index is 6.34. The van der Waals surface area contributed by atoms with Crippen LogP contribution in [0.4, 0.5) is 0 Å². The lowest BCUT2D eigenvalue weighted by Crippen LogP contribution is -2.31. The van der Waals surface area contributed by atoms with E-state index >= 15 is 0 Å². The van der Waals surface area contributed by atoms with Gasteiger partial charge in [-0.05, 0) is 42.4 Å². The summed E-state index contributed by atoms with van der Waals surface area (Å²) in [4.78, 5) is 4.44. The van der Waals surface area contributed by atoms with Crippen molar-refractivity contribution in [1.82, 2.24) is 5.32 Å². The number of aliphatic imine (C=N–C) groups is 1. The SMILES string of the molecule is Cc1cccc(C(N)C2=NCCN2)c1C1CC1.Cl. The van der Waals surface area contributed by atoms with Gasteiger partial charge in [-0.15, -0.1) is 12.4 Å². The first-order valence-electron chi connectivity index (χ1n) is 6.40. The van der Waals surface area contributed by atoms with Gasteiger partial charge in [0.1, 0.15) is 5.84 Å². The molecule has 0 spiro atoms. The molecule has 1 aromatic carbocycles. The molecule has 18 heavy (non-hydrogen) atoms. The van der Waals surface area contributed by atoms with Gasteiger partial charge in [0, 0.05) is 6.54 Å². The lowest BCUT2D eigenvalue weighted by atomic mass is 9.93. The third-order valence-electron chi connectivity index (χ3n) is 3.67. The van der Waals surface area contributed by atoms with Crippen molar-refractivity contribution in [2.75, 3.05) is 13.1 Å². The molecule has 1 atom stereocenters. The second kappa shape index (κ2) is 5.29. The van der Waals surface area contributed by atoms with E-state index in [1.54, 1.807) is 0 Å². The summed E-state index contributed by atoms with van der Waals surface area (Å²) < 4.78 is 0. The molecule has 0 saturated heterocycles. The highest BCUT2D eigenvalue weighted by Crippen LogP contribution is 2.44. The molecule has 1 unspecified atom stereocenters. The molecule has 3 N–H and O–H groups in total. The van der Waals surface area contributed by atoms with Gasteiger partial charge in [0.25, 0.3) is 0 Å². The summed E-state index contributed by atoms with van der Waals surface area (Å²) in [5.74, 6) is 1.69. The van der Waals surface area contributed by atoms with Crippen molar-refractivity contribution in [2.45, 2.75) is 31.7 Å². The van der Waals surface area contributed by atoms with Gasteiger partial charge in [-0.3, -0.25) is 4.99 Å². The highest BCUT2D eigenvalue weighted by molar-refractivity contribution is 5.90. The third-order valence-corrected chi connectivity index (χ3v) is 3.67. The first-order valence-corrected chi connectivity index (χ1v) is 6.40. The fourth-order valence-corrected chi connectivity index (χ4v) is 2.68. The zero-order chi connectivity index (χ0) is 11.8. The fraction of sp³-hybridized carbons (Fsp3) is 0.500. The maximum Gasteiger partial charge on any atom is 0.118 e. The van der Waals surface area contributed by atoms with E-state index in [1.807, 2.05) is 0 Å². The molecule has 1 saturated carbocycles. The van der Waals surface area contributed by atoms with Crippen LogP contribution in [0.25, 0.3) is 0 Å². The largest absolute Gasteiger partial charge is 0.370 e. The molecule has 1 heterocycles. The van der Waals surface area contributed by atoms with E-state index in [0.29, 0.717) is 0 Å². The minimum atomic E-state index is -0.0759. The summed E-state index contributed by atoms with van der Waals surface area (Å²) >= 11 is 0. The van der Waals surface area contributed by atoms with Gasteiger partial charge in [0.05, 0.1) is 12.6 Å². The minimum Gasteiger partial charge on any atom is -0.370 e. The average molecular weight is 266 g/mol. The van der Waals surface area contributed by atoms with Crippen LogP contribution in [0.15, 0.2) is 23.2 Å². The summed E-state index contributed by atoms with van der Waals surface area (Å²) in [6.45, 7) is 3.97. The van der Waals surface area contributed by atoms with E-state index in [-0.39, 0.29) is 18.4 Å². The Balaban J connectivity index is 0.00000120. The predicted octanol–water partition coefficient (Wildman–Crippen LogP) is 2.30. The van der Waals surface area contributed by atoms with Crippen molar-refractivity contribution >= 4 is 18.2 Å². The standard InChI is InChI=1S/C14H19N3.ClH/c1-9-3-2-4-11(12(9)10-5-6-10)13(15)14-16-7-8-17-14;/h2-4,10,13H,5-8,15H2,1H3,(H,16,17);1H. The molecule has 4 heteroatoms. The topological polar surface area (TPSA) is 50.4 Å². The summed E-state index contributed by atoms with van der Waals surface area (Å²) in [5.41, 5.74) is 10.4. The molecule has 0 bridgehead atoms. The zero-order valence-electron chi connectivity index (χ0n) is 10.6. The van der Waals surface area contributed by atoms with Crippen LogP contribution in [0.2, 0.25) is 0 Å². The van der Waals surface area contributed by atoms with Crippen LogP contribution in [0.3, 0.4) is 0 Å². The number of nitrogens with one attached hydrogen (secondary N) is 1. The number of aryl methyl sites for hydroxylation is 1. The molecule has 0 aromatic heterocycles. The second-order valence-electron chi connectivity index (χ2n) is 5.02. The van der Waals surface area contributed by atoms with Crippen molar-refractivity contribution in [1.29, 1.82) is 0 Å². The van der Waals surface area contributed by atoms with Crippen molar-refractivity contribution < 1.29 is 0 Å². The van der Waals surface area contributed by atoms with Crippen molar-refractivity contribution in [3.63, 3.8) is 0 Å². The van der Waals surface area contributed by atoms with Gasteiger partial charge >= 0.3 is 0 Å². The molecular weight excluding hydrogens is 246 g/mol. The lowest BCUT2D eigenvalue weighted by Gasteiger charge is -2.18. The van der Waals surface area contributed by atoms with Crippen molar-refractivity contribution in [3.05, 3.63) is 34.9 Å². The second-order valence-corrected chi connectivity index (χ2v) is 5.02. The monoisotopic (exact) mass is 265 g/mol. The van der Waals surface area contributed by atoms with E-state index in [9.17, 15) is 0 Å². The Bertz CT molecular complexity index is 466. The van der Waals surface area contributed by atoms with Gasteiger partial charge in [-0.25, -0.2) is 0 Å². The Morgan fingerprint density at radius 3 is 2.78 bits per heavy atom. The van der Waals surface area contributed by atoms with Gasteiger partial charge in [-0.1, -0.05) is 18.2 Å². The molecular formula is C14H20ClN3. The molecule has 3 nitrogen and oxygen atoms in total. The number of hydrogen-bond donors (Lipinski definition) is 2. The number of nitrogens with zero attached hydrogens (tertiary/aromatic N) is 1. The minimum absolute atomic E-state index is 0. The van der Waals surface area contributed by atoms with Gasteiger partial charge in [-0.2, -0.15) is 0 Å². The zero-order valence-corrected chi connectivity index (χ0v) is 11.5. The Kier molecular flexibility index (Phi) is 3.93. The van der Waals surface area contributed by atoms with Crippen molar-refractivity contribution in [3.8, 4) is 0 Å². The quantitative estimate of drug-likeness (QED) is 0.881. The first-order chi connectivity index (χ1) is 8.27. The van der Waals surface area contributed by atoms with Crippen LogP contribution >= 0.6 is 12.4 Å². The molecule has 0 amide bonds. The van der Waals surface area contributed by atoms with E-state index in [0.717, 1.165) is 24.8 Å². The molecule has 2 aliphatic rings. The van der Waals surface area contributed by atoms with Crippen LogP contribution < -0.4 is 11.1 Å².